The van der Waals surface area contributed by atoms with Crippen molar-refractivity contribution in [3.8, 4) is 11.5 Å². The summed E-state index contributed by atoms with van der Waals surface area (Å²) in [7, 11) is 0. The quantitative estimate of drug-likeness (QED) is 0.526. The number of hydrogen-bond donors (Lipinski definition) is 0. The molecule has 6 heteroatoms. The van der Waals surface area contributed by atoms with Crippen molar-refractivity contribution in [2.24, 2.45) is 0 Å². The van der Waals surface area contributed by atoms with E-state index >= 15 is 0 Å². The van der Waals surface area contributed by atoms with E-state index in [0.29, 0.717) is 28.5 Å². The Morgan fingerprint density at radius 1 is 0.966 bits per heavy atom. The van der Waals surface area contributed by atoms with Crippen molar-refractivity contribution in [1.29, 1.82) is 0 Å². The van der Waals surface area contributed by atoms with E-state index in [9.17, 15) is 4.79 Å². The Hall–Kier alpha value is -3.02. The normalized spacial score (nSPS) is 12.6. The number of benzene rings is 3. The van der Waals surface area contributed by atoms with Crippen LogP contribution in [0.1, 0.15) is 27.0 Å². The Labute approximate surface area is 173 Å². The van der Waals surface area contributed by atoms with E-state index in [1.54, 1.807) is 24.3 Å². The average Bonchev–Trinajstić information content (AvgIpc) is 2.76. The van der Waals surface area contributed by atoms with Crippen LogP contribution in [0.15, 0.2) is 66.7 Å². The summed E-state index contributed by atoms with van der Waals surface area (Å²) in [6, 6.07) is 20.2. The summed E-state index contributed by atoms with van der Waals surface area (Å²) < 4.78 is 22.2. The van der Waals surface area contributed by atoms with Crippen LogP contribution in [-0.2, 0) is 29.3 Å². The fraction of sp³-hybridized carbons (Fsp3) is 0.174. The van der Waals surface area contributed by atoms with Crippen LogP contribution in [0.25, 0.3) is 0 Å². The molecular weight excluding hydrogens is 392 g/mol. The van der Waals surface area contributed by atoms with Gasteiger partial charge in [0.15, 0.2) is 6.79 Å². The Kier molecular flexibility index (Phi) is 5.98. The first-order chi connectivity index (χ1) is 14.2. The lowest BCUT2D eigenvalue weighted by Crippen LogP contribution is -2.15. The molecule has 0 amide bonds. The Morgan fingerprint density at radius 3 is 2.62 bits per heavy atom. The average molecular weight is 411 g/mol. The molecular formula is C23H19ClO5. The lowest BCUT2D eigenvalue weighted by Gasteiger charge is -2.21. The molecule has 0 aromatic heterocycles. The van der Waals surface area contributed by atoms with E-state index in [-0.39, 0.29) is 20.0 Å². The molecule has 3 aromatic rings. The largest absolute Gasteiger partial charge is 0.489 e. The molecule has 0 saturated carbocycles. The van der Waals surface area contributed by atoms with Crippen molar-refractivity contribution in [2.45, 2.75) is 19.8 Å². The number of ether oxygens (including phenoxy) is 4. The van der Waals surface area contributed by atoms with Gasteiger partial charge in [0.2, 0.25) is 0 Å². The van der Waals surface area contributed by atoms with Gasteiger partial charge < -0.3 is 18.9 Å². The highest BCUT2D eigenvalue weighted by Gasteiger charge is 2.19. The van der Waals surface area contributed by atoms with Crippen molar-refractivity contribution in [2.75, 3.05) is 6.79 Å². The van der Waals surface area contributed by atoms with Gasteiger partial charge in [-0.2, -0.15) is 0 Å². The SMILES string of the molecule is O=C(OCc1cc(Cl)cc2c1OCOC2)c1ccccc1COc1ccccc1. The monoisotopic (exact) mass is 410 g/mol. The van der Waals surface area contributed by atoms with Crippen molar-refractivity contribution in [3.63, 3.8) is 0 Å². The van der Waals surface area contributed by atoms with Crippen LogP contribution in [0.3, 0.4) is 0 Å². The number of carbonyl (C=O) groups excluding carboxylic acids is 1. The summed E-state index contributed by atoms with van der Waals surface area (Å²) in [5, 5.41) is 0.542. The van der Waals surface area contributed by atoms with Gasteiger partial charge >= 0.3 is 5.97 Å². The number of fused-ring (bicyclic) bond motifs is 1. The molecule has 0 aliphatic carbocycles. The molecule has 0 saturated heterocycles. The second-order valence-electron chi connectivity index (χ2n) is 6.50. The summed E-state index contributed by atoms with van der Waals surface area (Å²) in [4.78, 5) is 12.7. The lowest BCUT2D eigenvalue weighted by atomic mass is 10.1. The number of halogens is 1. The summed E-state index contributed by atoms with van der Waals surface area (Å²) in [6.45, 7) is 0.892. The van der Waals surface area contributed by atoms with Gasteiger partial charge in [-0.05, 0) is 30.3 Å². The molecule has 0 fully saturated rings. The number of rotatable bonds is 6. The van der Waals surface area contributed by atoms with Crippen LogP contribution in [0, 0.1) is 0 Å². The summed E-state index contributed by atoms with van der Waals surface area (Å²) in [5.74, 6) is 0.966. The molecule has 1 aliphatic heterocycles. The third-order valence-corrected chi connectivity index (χ3v) is 4.70. The van der Waals surface area contributed by atoms with E-state index in [4.69, 9.17) is 30.5 Å². The van der Waals surface area contributed by atoms with Crippen molar-refractivity contribution < 1.29 is 23.7 Å². The first kappa shape index (κ1) is 19.3. The summed E-state index contributed by atoms with van der Waals surface area (Å²) in [5.41, 5.74) is 2.76. The molecule has 1 aliphatic rings. The molecule has 1 heterocycles. The second kappa shape index (κ2) is 8.99. The van der Waals surface area contributed by atoms with Crippen molar-refractivity contribution in [1.82, 2.24) is 0 Å². The maximum atomic E-state index is 12.7. The molecule has 4 rings (SSSR count). The van der Waals surface area contributed by atoms with Gasteiger partial charge in [0.25, 0.3) is 0 Å². The van der Waals surface area contributed by atoms with Gasteiger partial charge in [-0.15, -0.1) is 0 Å². The number of carbonyl (C=O) groups is 1. The van der Waals surface area contributed by atoms with Crippen LogP contribution in [-0.4, -0.2) is 12.8 Å². The third-order valence-electron chi connectivity index (χ3n) is 4.49. The Balaban J connectivity index is 1.46. The predicted molar refractivity (Wildman–Crippen MR) is 108 cm³/mol. The molecule has 0 spiro atoms. The summed E-state index contributed by atoms with van der Waals surface area (Å²) >= 11 is 6.17. The van der Waals surface area contributed by atoms with Gasteiger partial charge in [0, 0.05) is 21.7 Å². The van der Waals surface area contributed by atoms with Crippen LogP contribution < -0.4 is 9.47 Å². The number of para-hydroxylation sites is 1. The van der Waals surface area contributed by atoms with Crippen LogP contribution >= 0.6 is 11.6 Å². The van der Waals surface area contributed by atoms with Gasteiger partial charge in [0.05, 0.1) is 12.2 Å². The molecule has 0 bridgehead atoms. The number of esters is 1. The molecule has 0 atom stereocenters. The zero-order chi connectivity index (χ0) is 20.1. The molecule has 5 nitrogen and oxygen atoms in total. The fourth-order valence-electron chi connectivity index (χ4n) is 3.11. The topological polar surface area (TPSA) is 54.0 Å². The van der Waals surface area contributed by atoms with Crippen LogP contribution in [0.5, 0.6) is 11.5 Å². The van der Waals surface area contributed by atoms with Crippen molar-refractivity contribution in [3.05, 3.63) is 94.0 Å². The minimum atomic E-state index is -0.432. The lowest BCUT2D eigenvalue weighted by molar-refractivity contribution is -0.0180. The molecule has 148 valence electrons. The highest BCUT2D eigenvalue weighted by atomic mass is 35.5. The standard InChI is InChI=1S/C23H19ClO5/c24-19-10-17-12-26-15-29-22(17)18(11-19)14-28-23(25)21-9-5-4-6-16(21)13-27-20-7-2-1-3-8-20/h1-11H,12-15H2. The fourth-order valence-corrected chi connectivity index (χ4v) is 3.37. The molecule has 0 unspecified atom stereocenters. The van der Waals surface area contributed by atoms with E-state index in [2.05, 4.69) is 0 Å². The highest BCUT2D eigenvalue weighted by Crippen LogP contribution is 2.32. The molecule has 0 N–H and O–H groups in total. The van der Waals surface area contributed by atoms with Crippen LogP contribution in [0.2, 0.25) is 5.02 Å². The highest BCUT2D eigenvalue weighted by molar-refractivity contribution is 6.30. The Morgan fingerprint density at radius 2 is 1.76 bits per heavy atom. The Bertz CT molecular complexity index is 1000. The predicted octanol–water partition coefficient (Wildman–Crippen LogP) is 5.14. The second-order valence-corrected chi connectivity index (χ2v) is 6.94. The van der Waals surface area contributed by atoms with Gasteiger partial charge in [-0.1, -0.05) is 48.0 Å². The number of hydrogen-bond acceptors (Lipinski definition) is 5. The van der Waals surface area contributed by atoms with Gasteiger partial charge in [-0.25, -0.2) is 4.79 Å². The first-order valence-corrected chi connectivity index (χ1v) is 9.53. The van der Waals surface area contributed by atoms with Gasteiger partial charge in [-0.3, -0.25) is 0 Å². The molecule has 29 heavy (non-hydrogen) atoms. The smallest absolute Gasteiger partial charge is 0.338 e. The van der Waals surface area contributed by atoms with Crippen molar-refractivity contribution >= 4 is 17.6 Å². The maximum absolute atomic E-state index is 12.7. The minimum absolute atomic E-state index is 0.0512. The zero-order valence-electron chi connectivity index (χ0n) is 15.6. The summed E-state index contributed by atoms with van der Waals surface area (Å²) in [6.07, 6.45) is 0. The first-order valence-electron chi connectivity index (χ1n) is 9.15. The van der Waals surface area contributed by atoms with E-state index in [0.717, 1.165) is 16.9 Å². The van der Waals surface area contributed by atoms with Gasteiger partial charge in [0.1, 0.15) is 24.7 Å². The maximum Gasteiger partial charge on any atom is 0.338 e. The van der Waals surface area contributed by atoms with E-state index < -0.39 is 5.97 Å². The third kappa shape index (κ3) is 4.70. The molecule has 3 aromatic carbocycles. The van der Waals surface area contributed by atoms with E-state index in [1.165, 1.54) is 0 Å². The van der Waals surface area contributed by atoms with Crippen LogP contribution in [0.4, 0.5) is 0 Å². The minimum Gasteiger partial charge on any atom is -0.489 e. The zero-order valence-corrected chi connectivity index (χ0v) is 16.4. The van der Waals surface area contributed by atoms with E-state index in [1.807, 2.05) is 42.5 Å². The molecule has 0 radical (unpaired) electrons.